The molecular formula is C19H19N5O. The van der Waals surface area contributed by atoms with Gasteiger partial charge in [0, 0.05) is 24.6 Å². The van der Waals surface area contributed by atoms with E-state index in [0.717, 1.165) is 25.2 Å². The molecule has 0 radical (unpaired) electrons. The van der Waals surface area contributed by atoms with Crippen LogP contribution in [0.2, 0.25) is 0 Å². The fraction of sp³-hybridized carbons (Fsp3) is 0.263. The molecule has 6 heteroatoms. The minimum atomic E-state index is 0.0611. The summed E-state index contributed by atoms with van der Waals surface area (Å²) in [6.45, 7) is 3.68. The average molecular weight is 333 g/mol. The number of likely N-dealkylation sites (tertiary alicyclic amines) is 1. The highest BCUT2D eigenvalue weighted by Gasteiger charge is 2.28. The Kier molecular flexibility index (Phi) is 4.01. The number of carbonyl (C=O) groups excluding carboxylic acids is 1. The summed E-state index contributed by atoms with van der Waals surface area (Å²) in [5.74, 6) is 0.471. The van der Waals surface area contributed by atoms with Crippen LogP contribution in [0.25, 0.3) is 5.69 Å². The summed E-state index contributed by atoms with van der Waals surface area (Å²) in [4.78, 5) is 14.8. The van der Waals surface area contributed by atoms with Crippen molar-refractivity contribution in [3.05, 3.63) is 71.5 Å². The molecule has 3 aromatic rings. The largest absolute Gasteiger partial charge is 0.338 e. The van der Waals surface area contributed by atoms with Gasteiger partial charge in [-0.25, -0.2) is 4.68 Å². The molecule has 1 aliphatic heterocycles. The van der Waals surface area contributed by atoms with Crippen LogP contribution >= 0.6 is 0 Å². The van der Waals surface area contributed by atoms with Crippen molar-refractivity contribution >= 4 is 5.91 Å². The van der Waals surface area contributed by atoms with Gasteiger partial charge >= 0.3 is 0 Å². The Bertz CT molecular complexity index is 890. The molecule has 1 amide bonds. The molecule has 126 valence electrons. The first-order valence-electron chi connectivity index (χ1n) is 8.40. The highest BCUT2D eigenvalue weighted by atomic mass is 16.2. The first-order valence-corrected chi connectivity index (χ1v) is 8.40. The van der Waals surface area contributed by atoms with Gasteiger partial charge in [-0.15, -0.1) is 5.10 Å². The molecule has 0 aliphatic carbocycles. The third-order valence-electron chi connectivity index (χ3n) is 4.81. The quantitative estimate of drug-likeness (QED) is 0.739. The lowest BCUT2D eigenvalue weighted by molar-refractivity contribution is 0.0790. The van der Waals surface area contributed by atoms with E-state index in [0.29, 0.717) is 11.5 Å². The van der Waals surface area contributed by atoms with Crippen LogP contribution in [0.15, 0.2) is 54.9 Å². The van der Waals surface area contributed by atoms with E-state index < -0.39 is 0 Å². The topological polar surface area (TPSA) is 63.9 Å². The van der Waals surface area contributed by atoms with Gasteiger partial charge < -0.3 is 4.90 Å². The molecule has 0 unspecified atom stereocenters. The van der Waals surface area contributed by atoms with Gasteiger partial charge in [-0.3, -0.25) is 4.79 Å². The zero-order chi connectivity index (χ0) is 17.2. The Morgan fingerprint density at radius 3 is 2.84 bits per heavy atom. The Morgan fingerprint density at radius 1 is 1.16 bits per heavy atom. The molecule has 1 aliphatic rings. The van der Waals surface area contributed by atoms with Gasteiger partial charge in [0.25, 0.3) is 5.91 Å². The number of hydrogen-bond acceptors (Lipinski definition) is 4. The summed E-state index contributed by atoms with van der Waals surface area (Å²) in [7, 11) is 0. The molecule has 2 heterocycles. The van der Waals surface area contributed by atoms with E-state index in [2.05, 4.69) is 46.7 Å². The predicted molar refractivity (Wildman–Crippen MR) is 93.6 cm³/mol. The zero-order valence-corrected chi connectivity index (χ0v) is 14.0. The maximum atomic E-state index is 12.9. The minimum absolute atomic E-state index is 0.0611. The molecule has 1 fully saturated rings. The summed E-state index contributed by atoms with van der Waals surface area (Å²) in [5, 5.41) is 11.2. The van der Waals surface area contributed by atoms with Gasteiger partial charge in [0.15, 0.2) is 0 Å². The molecular weight excluding hydrogens is 314 g/mol. The summed E-state index contributed by atoms with van der Waals surface area (Å²) < 4.78 is 1.55. The molecule has 4 rings (SSSR count). The van der Waals surface area contributed by atoms with Crippen LogP contribution in [0.4, 0.5) is 0 Å². The van der Waals surface area contributed by atoms with Crippen LogP contribution in [0, 0.1) is 6.92 Å². The molecule has 0 spiro atoms. The first kappa shape index (κ1) is 15.5. The molecule has 6 nitrogen and oxygen atoms in total. The SMILES string of the molecule is Cc1ccccc1[C@@H]1CCN(C(=O)c2cccc(-n3cnnn3)c2)C1. The molecule has 2 aromatic carbocycles. The number of amides is 1. The van der Waals surface area contributed by atoms with Crippen molar-refractivity contribution in [1.29, 1.82) is 0 Å². The van der Waals surface area contributed by atoms with Crippen molar-refractivity contribution in [2.45, 2.75) is 19.3 Å². The second-order valence-electron chi connectivity index (χ2n) is 6.40. The Labute approximate surface area is 146 Å². The molecule has 0 saturated carbocycles. The van der Waals surface area contributed by atoms with Gasteiger partial charge in [0.05, 0.1) is 5.69 Å². The Hall–Kier alpha value is -3.02. The van der Waals surface area contributed by atoms with E-state index in [-0.39, 0.29) is 5.91 Å². The first-order chi connectivity index (χ1) is 12.2. The molecule has 0 N–H and O–H groups in total. The van der Waals surface area contributed by atoms with Crippen LogP contribution in [0.5, 0.6) is 0 Å². The standard InChI is InChI=1S/C19H19N5O/c1-14-5-2-3-8-18(14)16-9-10-23(12-16)19(25)15-6-4-7-17(11-15)24-13-20-21-22-24/h2-8,11,13,16H,9-10,12H2,1H3/t16-/m1/s1. The monoisotopic (exact) mass is 333 g/mol. The van der Waals surface area contributed by atoms with Crippen LogP contribution in [0.3, 0.4) is 0 Å². The maximum Gasteiger partial charge on any atom is 0.253 e. The Balaban J connectivity index is 1.53. The third-order valence-corrected chi connectivity index (χ3v) is 4.81. The number of nitrogens with zero attached hydrogens (tertiary/aromatic N) is 5. The predicted octanol–water partition coefficient (Wildman–Crippen LogP) is 2.60. The highest BCUT2D eigenvalue weighted by molar-refractivity contribution is 5.95. The Morgan fingerprint density at radius 2 is 2.04 bits per heavy atom. The van der Waals surface area contributed by atoms with Crippen molar-refractivity contribution < 1.29 is 4.79 Å². The van der Waals surface area contributed by atoms with E-state index in [1.54, 1.807) is 4.68 Å². The molecule has 1 saturated heterocycles. The summed E-state index contributed by atoms with van der Waals surface area (Å²) in [5.41, 5.74) is 4.09. The maximum absolute atomic E-state index is 12.9. The molecule has 1 aromatic heterocycles. The van der Waals surface area contributed by atoms with Crippen molar-refractivity contribution in [2.24, 2.45) is 0 Å². The fourth-order valence-electron chi connectivity index (χ4n) is 3.49. The van der Waals surface area contributed by atoms with E-state index in [1.165, 1.54) is 17.5 Å². The lowest BCUT2D eigenvalue weighted by atomic mass is 9.94. The van der Waals surface area contributed by atoms with E-state index in [1.807, 2.05) is 29.2 Å². The van der Waals surface area contributed by atoms with E-state index >= 15 is 0 Å². The molecule has 0 bridgehead atoms. The van der Waals surface area contributed by atoms with Crippen molar-refractivity contribution in [3.8, 4) is 5.69 Å². The number of rotatable bonds is 3. The lowest BCUT2D eigenvalue weighted by Gasteiger charge is -2.18. The zero-order valence-electron chi connectivity index (χ0n) is 14.0. The third kappa shape index (κ3) is 3.03. The second kappa shape index (κ2) is 6.47. The normalized spacial score (nSPS) is 17.0. The average Bonchev–Trinajstić information content (AvgIpc) is 3.34. The van der Waals surface area contributed by atoms with Crippen LogP contribution < -0.4 is 0 Å². The molecule has 1 atom stereocenters. The lowest BCUT2D eigenvalue weighted by Crippen LogP contribution is -2.28. The van der Waals surface area contributed by atoms with Crippen molar-refractivity contribution in [1.82, 2.24) is 25.1 Å². The number of aromatic nitrogens is 4. The number of benzene rings is 2. The second-order valence-corrected chi connectivity index (χ2v) is 6.40. The van der Waals surface area contributed by atoms with E-state index in [9.17, 15) is 4.79 Å². The van der Waals surface area contributed by atoms with Crippen LogP contribution in [-0.4, -0.2) is 44.1 Å². The van der Waals surface area contributed by atoms with Crippen LogP contribution in [0.1, 0.15) is 33.8 Å². The van der Waals surface area contributed by atoms with Gasteiger partial charge in [-0.05, 0) is 53.1 Å². The fourth-order valence-corrected chi connectivity index (χ4v) is 3.49. The number of carbonyl (C=O) groups is 1. The highest BCUT2D eigenvalue weighted by Crippen LogP contribution is 2.30. The van der Waals surface area contributed by atoms with E-state index in [4.69, 9.17) is 0 Å². The van der Waals surface area contributed by atoms with Crippen LogP contribution in [-0.2, 0) is 0 Å². The van der Waals surface area contributed by atoms with Crippen molar-refractivity contribution in [3.63, 3.8) is 0 Å². The minimum Gasteiger partial charge on any atom is -0.338 e. The number of hydrogen-bond donors (Lipinski definition) is 0. The van der Waals surface area contributed by atoms with Crippen molar-refractivity contribution in [2.75, 3.05) is 13.1 Å². The summed E-state index contributed by atoms with van der Waals surface area (Å²) >= 11 is 0. The van der Waals surface area contributed by atoms with Gasteiger partial charge in [-0.1, -0.05) is 30.3 Å². The summed E-state index contributed by atoms with van der Waals surface area (Å²) in [6, 6.07) is 15.9. The van der Waals surface area contributed by atoms with Gasteiger partial charge in [0.2, 0.25) is 0 Å². The number of tetrazole rings is 1. The molecule has 25 heavy (non-hydrogen) atoms. The summed E-state index contributed by atoms with van der Waals surface area (Å²) in [6.07, 6.45) is 2.52. The van der Waals surface area contributed by atoms with Gasteiger partial charge in [0.1, 0.15) is 6.33 Å². The number of aryl methyl sites for hydroxylation is 1. The smallest absolute Gasteiger partial charge is 0.253 e. The van der Waals surface area contributed by atoms with Gasteiger partial charge in [-0.2, -0.15) is 0 Å².